The Hall–Kier alpha value is -1.19. The number of ether oxygens (including phenoxy) is 1. The third kappa shape index (κ3) is 2.20. The summed E-state index contributed by atoms with van der Waals surface area (Å²) in [4.78, 5) is 0. The first-order chi connectivity index (χ1) is 8.88. The summed E-state index contributed by atoms with van der Waals surface area (Å²) in [6, 6.07) is 8.57. The summed E-state index contributed by atoms with van der Waals surface area (Å²) in [5, 5.41) is 4.65. The molecular formula is C14H17ClN2O. The number of hydrogen-bond acceptors (Lipinski definition) is 2. The van der Waals surface area contributed by atoms with Crippen molar-refractivity contribution in [2.24, 2.45) is 0 Å². The number of nitrogens with one attached hydrogen (secondary N) is 1. The summed E-state index contributed by atoms with van der Waals surface area (Å²) in [5.74, 6) is 1.58. The maximum absolute atomic E-state index is 5.68. The third-order valence-corrected chi connectivity index (χ3v) is 3.59. The molecule has 1 aromatic heterocycles. The molecule has 3 nitrogen and oxygen atoms in total. The number of halogens is 1. The quantitative estimate of drug-likeness (QED) is 0.679. The molecule has 1 aliphatic heterocycles. The number of fused-ring (bicyclic) bond motifs is 3. The molecule has 0 amide bonds. The van der Waals surface area contributed by atoms with Gasteiger partial charge in [-0.25, -0.2) is 0 Å². The Morgan fingerprint density at radius 1 is 1.33 bits per heavy atom. The van der Waals surface area contributed by atoms with Crippen molar-refractivity contribution in [1.29, 1.82) is 0 Å². The minimum atomic E-state index is 0.647. The van der Waals surface area contributed by atoms with E-state index in [-0.39, 0.29) is 0 Å². The van der Waals surface area contributed by atoms with E-state index in [1.165, 1.54) is 16.6 Å². The lowest BCUT2D eigenvalue weighted by atomic mass is 10.2. The van der Waals surface area contributed by atoms with E-state index in [0.29, 0.717) is 12.5 Å². The smallest absolute Gasteiger partial charge is 0.120 e. The molecule has 0 fully saturated rings. The first-order valence-electron chi connectivity index (χ1n) is 6.40. The van der Waals surface area contributed by atoms with Gasteiger partial charge in [-0.1, -0.05) is 0 Å². The number of alkyl halides is 1. The Morgan fingerprint density at radius 3 is 3.17 bits per heavy atom. The summed E-state index contributed by atoms with van der Waals surface area (Å²) < 4.78 is 8.06. The topological polar surface area (TPSA) is 26.2 Å². The van der Waals surface area contributed by atoms with Gasteiger partial charge in [-0.3, -0.25) is 0 Å². The molecule has 0 spiro atoms. The van der Waals surface area contributed by atoms with Gasteiger partial charge in [0.25, 0.3) is 0 Å². The second-order valence-corrected chi connectivity index (χ2v) is 4.95. The Balaban J connectivity index is 1.88. The van der Waals surface area contributed by atoms with E-state index in [1.807, 2.05) is 6.07 Å². The van der Waals surface area contributed by atoms with E-state index in [4.69, 9.17) is 16.3 Å². The maximum atomic E-state index is 5.68. The third-order valence-electron chi connectivity index (χ3n) is 3.32. The zero-order valence-corrected chi connectivity index (χ0v) is 11.0. The zero-order valence-electron chi connectivity index (χ0n) is 10.3. The first-order valence-corrected chi connectivity index (χ1v) is 6.93. The molecule has 1 N–H and O–H groups in total. The van der Waals surface area contributed by atoms with Gasteiger partial charge in [-0.2, -0.15) is 0 Å². The fraction of sp³-hybridized carbons (Fsp3) is 0.429. The van der Waals surface area contributed by atoms with Crippen LogP contribution < -0.4 is 10.1 Å². The fourth-order valence-corrected chi connectivity index (χ4v) is 2.57. The molecule has 0 bridgehead atoms. The number of aromatic nitrogens is 1. The molecule has 1 aromatic carbocycles. The highest BCUT2D eigenvalue weighted by Crippen LogP contribution is 2.25. The molecule has 3 rings (SSSR count). The Morgan fingerprint density at radius 2 is 2.28 bits per heavy atom. The van der Waals surface area contributed by atoms with Gasteiger partial charge in [0.2, 0.25) is 0 Å². The highest BCUT2D eigenvalue weighted by atomic mass is 35.5. The summed E-state index contributed by atoms with van der Waals surface area (Å²) >= 11 is 5.64. The van der Waals surface area contributed by atoms with E-state index in [2.05, 4.69) is 28.1 Å². The molecule has 18 heavy (non-hydrogen) atoms. The van der Waals surface area contributed by atoms with E-state index in [0.717, 1.165) is 31.8 Å². The number of hydrogen-bond donors (Lipinski definition) is 1. The van der Waals surface area contributed by atoms with Crippen LogP contribution in [0, 0.1) is 0 Å². The molecule has 1 aliphatic rings. The molecule has 4 heteroatoms. The first kappa shape index (κ1) is 11.9. The molecule has 96 valence electrons. The largest absolute Gasteiger partial charge is 0.494 e. The van der Waals surface area contributed by atoms with Gasteiger partial charge in [0.05, 0.1) is 6.61 Å². The molecule has 2 heterocycles. The van der Waals surface area contributed by atoms with E-state index in [9.17, 15) is 0 Å². The van der Waals surface area contributed by atoms with Gasteiger partial charge in [-0.05, 0) is 30.7 Å². The summed E-state index contributed by atoms with van der Waals surface area (Å²) in [5.41, 5.74) is 2.66. The zero-order chi connectivity index (χ0) is 12.4. The van der Waals surface area contributed by atoms with Crippen LogP contribution in [0.5, 0.6) is 5.75 Å². The van der Waals surface area contributed by atoms with Gasteiger partial charge in [0.15, 0.2) is 0 Å². The van der Waals surface area contributed by atoms with Crippen LogP contribution in [0.4, 0.5) is 0 Å². The lowest BCUT2D eigenvalue weighted by Gasteiger charge is -2.17. The van der Waals surface area contributed by atoms with Gasteiger partial charge in [0, 0.05) is 42.1 Å². The van der Waals surface area contributed by atoms with Crippen molar-refractivity contribution in [2.75, 3.05) is 19.0 Å². The predicted molar refractivity (Wildman–Crippen MR) is 74.5 cm³/mol. The molecule has 0 radical (unpaired) electrons. The molecular weight excluding hydrogens is 248 g/mol. The van der Waals surface area contributed by atoms with Crippen molar-refractivity contribution < 1.29 is 4.74 Å². The second kappa shape index (κ2) is 5.21. The van der Waals surface area contributed by atoms with Crippen LogP contribution in [0.1, 0.15) is 12.1 Å². The van der Waals surface area contributed by atoms with E-state index in [1.54, 1.807) is 0 Å². The van der Waals surface area contributed by atoms with Gasteiger partial charge in [0.1, 0.15) is 5.75 Å². The monoisotopic (exact) mass is 264 g/mol. The van der Waals surface area contributed by atoms with Crippen molar-refractivity contribution in [3.63, 3.8) is 0 Å². The molecule has 0 aliphatic carbocycles. The predicted octanol–water partition coefficient (Wildman–Crippen LogP) is 2.75. The van der Waals surface area contributed by atoms with Gasteiger partial charge < -0.3 is 14.6 Å². The number of nitrogens with zero attached hydrogens (tertiary/aromatic N) is 1. The number of benzene rings is 1. The standard InChI is InChI=1S/C14H17ClN2O/c15-4-1-7-18-13-2-3-14-11(9-13)8-12-10-16-5-6-17(12)14/h2-3,8-9,16H,1,4-7,10H2. The SMILES string of the molecule is ClCCCOc1ccc2c(c1)cc1n2CCNC1. The van der Waals surface area contributed by atoms with Crippen LogP contribution in [0.2, 0.25) is 0 Å². The maximum Gasteiger partial charge on any atom is 0.120 e. The average molecular weight is 265 g/mol. The van der Waals surface area contributed by atoms with Crippen molar-refractivity contribution in [3.8, 4) is 5.75 Å². The average Bonchev–Trinajstić information content (AvgIpc) is 2.76. The van der Waals surface area contributed by atoms with Crippen LogP contribution in [0.15, 0.2) is 24.3 Å². The highest BCUT2D eigenvalue weighted by molar-refractivity contribution is 6.17. The van der Waals surface area contributed by atoms with Gasteiger partial charge >= 0.3 is 0 Å². The highest BCUT2D eigenvalue weighted by Gasteiger charge is 2.12. The minimum absolute atomic E-state index is 0.647. The van der Waals surface area contributed by atoms with Crippen molar-refractivity contribution >= 4 is 22.5 Å². The Labute approximate surface area is 112 Å². The van der Waals surface area contributed by atoms with Crippen LogP contribution in [0.3, 0.4) is 0 Å². The lowest BCUT2D eigenvalue weighted by Crippen LogP contribution is -2.27. The van der Waals surface area contributed by atoms with E-state index >= 15 is 0 Å². The van der Waals surface area contributed by atoms with Crippen molar-refractivity contribution in [1.82, 2.24) is 9.88 Å². The van der Waals surface area contributed by atoms with E-state index < -0.39 is 0 Å². The van der Waals surface area contributed by atoms with Crippen LogP contribution in [-0.2, 0) is 13.1 Å². The van der Waals surface area contributed by atoms with Crippen molar-refractivity contribution in [2.45, 2.75) is 19.5 Å². The number of rotatable bonds is 4. The Kier molecular flexibility index (Phi) is 3.43. The Bertz CT molecular complexity index is 550. The van der Waals surface area contributed by atoms with Crippen molar-refractivity contribution in [3.05, 3.63) is 30.0 Å². The second-order valence-electron chi connectivity index (χ2n) is 4.58. The molecule has 2 aromatic rings. The summed E-state index contributed by atoms with van der Waals surface area (Å²) in [6.07, 6.45) is 0.885. The summed E-state index contributed by atoms with van der Waals surface area (Å²) in [6.45, 7) is 3.73. The lowest BCUT2D eigenvalue weighted by molar-refractivity contribution is 0.319. The molecule has 0 saturated heterocycles. The molecule has 0 saturated carbocycles. The van der Waals surface area contributed by atoms with Crippen LogP contribution in [0.25, 0.3) is 10.9 Å². The summed E-state index contributed by atoms with van der Waals surface area (Å²) in [7, 11) is 0. The molecule has 0 atom stereocenters. The minimum Gasteiger partial charge on any atom is -0.494 e. The van der Waals surface area contributed by atoms with Crippen LogP contribution >= 0.6 is 11.6 Å². The fourth-order valence-electron chi connectivity index (χ4n) is 2.46. The normalized spacial score (nSPS) is 14.7. The van der Waals surface area contributed by atoms with Crippen LogP contribution in [-0.4, -0.2) is 23.6 Å². The molecule has 0 unspecified atom stereocenters. The van der Waals surface area contributed by atoms with Gasteiger partial charge in [-0.15, -0.1) is 11.6 Å².